The third-order valence-corrected chi connectivity index (χ3v) is 5.46. The summed E-state index contributed by atoms with van der Waals surface area (Å²) in [6, 6.07) is 18.2. The van der Waals surface area contributed by atoms with Crippen LogP contribution in [0.15, 0.2) is 81.6 Å². The minimum Gasteiger partial charge on any atom is -0.501 e. The summed E-state index contributed by atoms with van der Waals surface area (Å²) in [6.45, 7) is 2.66. The van der Waals surface area contributed by atoms with E-state index in [2.05, 4.69) is 0 Å². The molecule has 4 N–H and O–H groups in total. The number of amides is 2. The van der Waals surface area contributed by atoms with Gasteiger partial charge in [-0.15, -0.1) is 0 Å². The highest BCUT2D eigenvalue weighted by Gasteiger charge is 2.23. The predicted molar refractivity (Wildman–Crippen MR) is 144 cm³/mol. The van der Waals surface area contributed by atoms with Crippen molar-refractivity contribution >= 4 is 67.8 Å². The first kappa shape index (κ1) is 27.6. The van der Waals surface area contributed by atoms with Gasteiger partial charge in [0.1, 0.15) is 0 Å². The van der Waals surface area contributed by atoms with E-state index in [0.29, 0.717) is 11.4 Å². The molecule has 2 aromatic heterocycles. The fraction of sp³-hybridized carbons (Fsp3) is 0.0833. The van der Waals surface area contributed by atoms with E-state index in [1.165, 1.54) is 72.2 Å². The largest absolute Gasteiger partial charge is 0.580 e. The minimum absolute atomic E-state index is 0.0334. The maximum absolute atomic E-state index is 12.3. The average Bonchev–Trinajstić information content (AvgIpc) is 3.54. The molecule has 0 unspecified atom stereocenters. The number of carbonyl (C=O) groups is 2. The van der Waals surface area contributed by atoms with E-state index in [9.17, 15) is 29.7 Å². The van der Waals surface area contributed by atoms with E-state index in [-0.39, 0.29) is 54.1 Å². The van der Waals surface area contributed by atoms with Gasteiger partial charge in [-0.3, -0.25) is 19.4 Å². The Morgan fingerprint density at radius 1 is 0.692 bits per heavy atom. The average molecular weight is 532 g/mol. The van der Waals surface area contributed by atoms with Crippen LogP contribution in [0.4, 0.5) is 23.1 Å². The Hall–Kier alpha value is -4.43. The van der Waals surface area contributed by atoms with Gasteiger partial charge in [0.2, 0.25) is 23.6 Å². The summed E-state index contributed by atoms with van der Waals surface area (Å²) in [5.74, 6) is -0.426. The lowest BCUT2D eigenvalue weighted by Gasteiger charge is -2.19. The molecule has 0 saturated carbocycles. The molecule has 0 saturated heterocycles. The number of benzene rings is 2. The highest BCUT2D eigenvalue weighted by atomic mass is 16.7. The van der Waals surface area contributed by atoms with Crippen LogP contribution < -0.4 is 30.0 Å². The third-order valence-electron chi connectivity index (χ3n) is 5.46. The van der Waals surface area contributed by atoms with Gasteiger partial charge in [-0.1, -0.05) is 24.3 Å². The minimum atomic E-state index is -1.70. The first-order valence-electron chi connectivity index (χ1n) is 11.6. The summed E-state index contributed by atoms with van der Waals surface area (Å²) in [5, 5.41) is 37.7. The number of furan rings is 2. The van der Waals surface area contributed by atoms with Crippen molar-refractivity contribution in [2.24, 2.45) is 0 Å². The van der Waals surface area contributed by atoms with Gasteiger partial charge in [-0.05, 0) is 35.2 Å². The van der Waals surface area contributed by atoms with Gasteiger partial charge in [0.25, 0.3) is 11.9 Å². The van der Waals surface area contributed by atoms with E-state index >= 15 is 0 Å². The van der Waals surface area contributed by atoms with Gasteiger partial charge in [0.15, 0.2) is 0 Å². The molecule has 0 aliphatic heterocycles. The van der Waals surface area contributed by atoms with Crippen LogP contribution >= 0.6 is 0 Å². The molecule has 12 nitrogen and oxygen atoms in total. The fourth-order valence-electron chi connectivity index (χ4n) is 3.74. The van der Waals surface area contributed by atoms with E-state index in [0.717, 1.165) is 0 Å². The van der Waals surface area contributed by atoms with Crippen LogP contribution in [0.5, 0.6) is 11.9 Å². The standard InChI is InChI=1S/C24H23B3N2O10/c1-15(30)28(19-7-3-5-17(13-19)26(32)33)21-9-11-23(36-21)38-25-39-24-12-10-22(37-24)29(16(2)31)20-8-4-6-18(14-20)27(34)35/h3-14,25,32-35H,1-2H3. The molecule has 0 bridgehead atoms. The molecule has 2 amide bonds. The predicted octanol–water partition coefficient (Wildman–Crippen LogP) is 0.326. The second kappa shape index (κ2) is 12.0. The van der Waals surface area contributed by atoms with Crippen molar-refractivity contribution in [1.82, 2.24) is 0 Å². The summed E-state index contributed by atoms with van der Waals surface area (Å²) < 4.78 is 22.2. The topological polar surface area (TPSA) is 166 Å². The van der Waals surface area contributed by atoms with Gasteiger partial charge in [0, 0.05) is 38.1 Å². The molecule has 4 aromatic rings. The lowest BCUT2D eigenvalue weighted by Crippen LogP contribution is -2.31. The van der Waals surface area contributed by atoms with Gasteiger partial charge in [0.05, 0.1) is 11.4 Å². The van der Waals surface area contributed by atoms with Crippen LogP contribution in [0.1, 0.15) is 13.8 Å². The van der Waals surface area contributed by atoms with E-state index < -0.39 is 14.2 Å². The molecule has 0 atom stereocenters. The quantitative estimate of drug-likeness (QED) is 0.209. The van der Waals surface area contributed by atoms with Gasteiger partial charge in [-0.2, -0.15) is 0 Å². The molecule has 198 valence electrons. The monoisotopic (exact) mass is 532 g/mol. The molecular formula is C24H23B3N2O10. The van der Waals surface area contributed by atoms with Crippen molar-refractivity contribution in [2.45, 2.75) is 13.8 Å². The molecule has 4 rings (SSSR count). The zero-order valence-electron chi connectivity index (χ0n) is 20.9. The van der Waals surface area contributed by atoms with Crippen molar-refractivity contribution in [3.8, 4) is 11.9 Å². The Kier molecular flexibility index (Phi) is 8.47. The van der Waals surface area contributed by atoms with Crippen molar-refractivity contribution in [2.75, 3.05) is 9.80 Å². The molecule has 0 spiro atoms. The van der Waals surface area contributed by atoms with Gasteiger partial charge in [-0.25, -0.2) is 0 Å². The highest BCUT2D eigenvalue weighted by Crippen LogP contribution is 2.32. The smallest absolute Gasteiger partial charge is 0.501 e. The SMILES string of the molecule is CC(=O)N(c1cccc(B(O)O)c1)c1ccc(OBOc2ccc(N(C(C)=O)c3cccc(B(O)O)c3)o2)o1. The molecule has 0 aliphatic carbocycles. The van der Waals surface area contributed by atoms with Crippen molar-refractivity contribution in [3.05, 3.63) is 72.8 Å². The maximum Gasteiger partial charge on any atom is 0.580 e. The first-order valence-corrected chi connectivity index (χ1v) is 11.6. The van der Waals surface area contributed by atoms with E-state index in [1.807, 2.05) is 0 Å². The van der Waals surface area contributed by atoms with Crippen LogP contribution in [0.25, 0.3) is 0 Å². The summed E-state index contributed by atoms with van der Waals surface area (Å²) in [4.78, 5) is 27.1. The highest BCUT2D eigenvalue weighted by molar-refractivity contribution is 6.59. The number of hydrogen-bond donors (Lipinski definition) is 4. The van der Waals surface area contributed by atoms with Crippen molar-refractivity contribution in [3.63, 3.8) is 0 Å². The Labute approximate surface area is 224 Å². The molecule has 15 heteroatoms. The maximum atomic E-state index is 12.3. The summed E-state index contributed by atoms with van der Waals surface area (Å²) in [5.41, 5.74) is 1.13. The second-order valence-electron chi connectivity index (χ2n) is 8.24. The number of anilines is 4. The third kappa shape index (κ3) is 6.53. The van der Waals surface area contributed by atoms with Crippen LogP contribution in [0.2, 0.25) is 0 Å². The lowest BCUT2D eigenvalue weighted by molar-refractivity contribution is -0.116. The zero-order valence-corrected chi connectivity index (χ0v) is 20.9. The van der Waals surface area contributed by atoms with E-state index in [1.54, 1.807) is 24.3 Å². The lowest BCUT2D eigenvalue weighted by atomic mass is 9.80. The number of carbonyl (C=O) groups excluding carboxylic acids is 2. The summed E-state index contributed by atoms with van der Waals surface area (Å²) >= 11 is 0. The van der Waals surface area contributed by atoms with Crippen LogP contribution in [-0.2, 0) is 9.59 Å². The van der Waals surface area contributed by atoms with Gasteiger partial charge < -0.3 is 38.2 Å². The van der Waals surface area contributed by atoms with Crippen molar-refractivity contribution < 1.29 is 47.8 Å². The first-order chi connectivity index (χ1) is 18.6. The number of hydrogen-bond acceptors (Lipinski definition) is 10. The molecule has 0 fully saturated rings. The Bertz CT molecular complexity index is 1350. The summed E-state index contributed by atoms with van der Waals surface area (Å²) in [6.07, 6.45) is 0. The van der Waals surface area contributed by atoms with Crippen molar-refractivity contribution in [1.29, 1.82) is 0 Å². The van der Waals surface area contributed by atoms with Crippen LogP contribution in [0, 0.1) is 0 Å². The Morgan fingerprint density at radius 3 is 1.46 bits per heavy atom. The summed E-state index contributed by atoms with van der Waals surface area (Å²) in [7, 11) is -3.73. The van der Waals surface area contributed by atoms with Crippen LogP contribution in [-0.4, -0.2) is 53.8 Å². The molecular weight excluding hydrogens is 509 g/mol. The van der Waals surface area contributed by atoms with Crippen LogP contribution in [0.3, 0.4) is 0 Å². The van der Waals surface area contributed by atoms with Gasteiger partial charge >= 0.3 is 21.9 Å². The number of rotatable bonds is 10. The molecule has 0 radical (unpaired) electrons. The normalized spacial score (nSPS) is 10.5. The fourth-order valence-corrected chi connectivity index (χ4v) is 3.74. The second-order valence-corrected chi connectivity index (χ2v) is 8.24. The zero-order chi connectivity index (χ0) is 28.1. The Morgan fingerprint density at radius 2 is 1.10 bits per heavy atom. The molecule has 2 heterocycles. The molecule has 0 aliphatic rings. The number of nitrogens with zero attached hydrogens (tertiary/aromatic N) is 2. The molecule has 2 aromatic carbocycles. The van der Waals surface area contributed by atoms with E-state index in [4.69, 9.17) is 18.1 Å². The Balaban J connectivity index is 1.42. The molecule has 39 heavy (non-hydrogen) atoms.